The van der Waals surface area contributed by atoms with E-state index in [0.29, 0.717) is 6.04 Å². The van der Waals surface area contributed by atoms with E-state index in [2.05, 4.69) is 41.3 Å². The molecule has 1 aliphatic carbocycles. The lowest BCUT2D eigenvalue weighted by Gasteiger charge is -2.46. The van der Waals surface area contributed by atoms with Crippen LogP contribution in [0.15, 0.2) is 6.20 Å². The van der Waals surface area contributed by atoms with Gasteiger partial charge in [0.2, 0.25) is 0 Å². The van der Waals surface area contributed by atoms with Crippen LogP contribution in [-0.2, 0) is 7.05 Å². The molecule has 20 heavy (non-hydrogen) atoms. The van der Waals surface area contributed by atoms with Crippen LogP contribution in [0, 0.1) is 0 Å². The van der Waals surface area contributed by atoms with Crippen LogP contribution in [-0.4, -0.2) is 45.1 Å². The summed E-state index contributed by atoms with van der Waals surface area (Å²) in [7, 11) is 2.00. The number of rotatable bonds is 7. The van der Waals surface area contributed by atoms with Crippen LogP contribution in [0.3, 0.4) is 0 Å². The van der Waals surface area contributed by atoms with Gasteiger partial charge in [-0.05, 0) is 32.5 Å². The van der Waals surface area contributed by atoms with E-state index < -0.39 is 0 Å². The minimum absolute atomic E-state index is 0.217. The molecule has 114 valence electrons. The molecule has 0 aliphatic heterocycles. The molecule has 5 heteroatoms. The Morgan fingerprint density at radius 2 is 1.95 bits per heavy atom. The predicted octanol–water partition coefficient (Wildman–Crippen LogP) is 2.12. The van der Waals surface area contributed by atoms with Gasteiger partial charge in [-0.2, -0.15) is 0 Å². The Morgan fingerprint density at radius 1 is 1.30 bits per heavy atom. The molecule has 1 N–H and O–H groups in total. The first-order chi connectivity index (χ1) is 9.69. The van der Waals surface area contributed by atoms with Crippen LogP contribution in [0.4, 0.5) is 0 Å². The van der Waals surface area contributed by atoms with E-state index in [1.165, 1.54) is 31.4 Å². The number of likely N-dealkylation sites (N-methyl/N-ethyl adjacent to an activating group) is 2. The highest BCUT2D eigenvalue weighted by Crippen LogP contribution is 2.44. The second-order valence-corrected chi connectivity index (χ2v) is 5.76. The van der Waals surface area contributed by atoms with E-state index >= 15 is 0 Å². The van der Waals surface area contributed by atoms with Crippen molar-refractivity contribution in [1.29, 1.82) is 0 Å². The summed E-state index contributed by atoms with van der Waals surface area (Å²) >= 11 is 0. The average molecular weight is 279 g/mol. The molecule has 0 radical (unpaired) electrons. The summed E-state index contributed by atoms with van der Waals surface area (Å²) in [6, 6.07) is 0.315. The number of nitrogens with one attached hydrogen (secondary N) is 1. The summed E-state index contributed by atoms with van der Waals surface area (Å²) < 4.78 is 1.93. The first kappa shape index (κ1) is 15.4. The Balaban J connectivity index is 2.40. The molecule has 0 amide bonds. The van der Waals surface area contributed by atoms with Gasteiger partial charge in [0.25, 0.3) is 0 Å². The van der Waals surface area contributed by atoms with Gasteiger partial charge in [-0.3, -0.25) is 9.58 Å². The van der Waals surface area contributed by atoms with E-state index in [1.54, 1.807) is 0 Å². The van der Waals surface area contributed by atoms with Crippen LogP contribution in [0.25, 0.3) is 0 Å². The first-order valence-electron chi connectivity index (χ1n) is 8.02. The van der Waals surface area contributed by atoms with Crippen molar-refractivity contribution in [3.05, 3.63) is 11.9 Å². The van der Waals surface area contributed by atoms with Gasteiger partial charge in [-0.15, -0.1) is 5.10 Å². The summed E-state index contributed by atoms with van der Waals surface area (Å²) in [5.41, 5.74) is 1.43. The highest BCUT2D eigenvalue weighted by molar-refractivity contribution is 5.15. The molecule has 1 aromatic heterocycles. The molecule has 1 aliphatic rings. The maximum absolute atomic E-state index is 4.14. The molecule has 1 fully saturated rings. The van der Waals surface area contributed by atoms with Gasteiger partial charge in [0.1, 0.15) is 0 Å². The SMILES string of the molecule is CCNC(c1cnnn1C)C1(N(CC)CC)CCCC1. The molecule has 0 aromatic carbocycles. The van der Waals surface area contributed by atoms with Gasteiger partial charge < -0.3 is 5.32 Å². The largest absolute Gasteiger partial charge is 0.307 e. The Hall–Kier alpha value is -0.940. The van der Waals surface area contributed by atoms with E-state index in [9.17, 15) is 0 Å². The Morgan fingerprint density at radius 3 is 2.40 bits per heavy atom. The molecule has 1 unspecified atom stereocenters. The monoisotopic (exact) mass is 279 g/mol. The first-order valence-corrected chi connectivity index (χ1v) is 8.02. The zero-order valence-corrected chi connectivity index (χ0v) is 13.4. The van der Waals surface area contributed by atoms with E-state index in [0.717, 1.165) is 19.6 Å². The Kier molecular flexibility index (Phi) is 5.16. The van der Waals surface area contributed by atoms with Crippen LogP contribution in [0.2, 0.25) is 0 Å². The van der Waals surface area contributed by atoms with Crippen molar-refractivity contribution in [2.45, 2.75) is 58.0 Å². The van der Waals surface area contributed by atoms with Crippen molar-refractivity contribution in [1.82, 2.24) is 25.2 Å². The number of aryl methyl sites for hydroxylation is 1. The lowest BCUT2D eigenvalue weighted by atomic mass is 9.84. The highest BCUT2D eigenvalue weighted by Gasteiger charge is 2.46. The zero-order chi connectivity index (χ0) is 14.6. The fraction of sp³-hybridized carbons (Fsp3) is 0.867. The number of aromatic nitrogens is 3. The lowest BCUT2D eigenvalue weighted by Crippen LogP contribution is -2.55. The zero-order valence-electron chi connectivity index (χ0n) is 13.4. The molecule has 0 spiro atoms. The fourth-order valence-corrected chi connectivity index (χ4v) is 3.96. The van der Waals surface area contributed by atoms with Gasteiger partial charge in [-0.25, -0.2) is 0 Å². The maximum atomic E-state index is 4.14. The average Bonchev–Trinajstić information content (AvgIpc) is 3.08. The quantitative estimate of drug-likeness (QED) is 0.830. The molecule has 1 atom stereocenters. The van der Waals surface area contributed by atoms with Crippen molar-refractivity contribution in [2.75, 3.05) is 19.6 Å². The third-order valence-corrected chi connectivity index (χ3v) is 4.85. The number of hydrogen-bond donors (Lipinski definition) is 1. The topological polar surface area (TPSA) is 46.0 Å². The molecule has 5 nitrogen and oxygen atoms in total. The van der Waals surface area contributed by atoms with Crippen molar-refractivity contribution in [2.24, 2.45) is 7.05 Å². The van der Waals surface area contributed by atoms with Crippen molar-refractivity contribution in [3.8, 4) is 0 Å². The maximum Gasteiger partial charge on any atom is 0.0772 e. The fourth-order valence-electron chi connectivity index (χ4n) is 3.96. The van der Waals surface area contributed by atoms with Gasteiger partial charge in [0.05, 0.1) is 17.9 Å². The Bertz CT molecular complexity index is 404. The third-order valence-electron chi connectivity index (χ3n) is 4.85. The lowest BCUT2D eigenvalue weighted by molar-refractivity contribution is 0.0602. The van der Waals surface area contributed by atoms with Crippen LogP contribution in [0.1, 0.15) is 58.2 Å². The molecular weight excluding hydrogens is 250 g/mol. The molecular formula is C15H29N5. The summed E-state index contributed by atoms with van der Waals surface area (Å²) in [4.78, 5) is 2.64. The second-order valence-electron chi connectivity index (χ2n) is 5.76. The van der Waals surface area contributed by atoms with E-state index in [-0.39, 0.29) is 5.54 Å². The van der Waals surface area contributed by atoms with Gasteiger partial charge >= 0.3 is 0 Å². The standard InChI is InChI=1S/C15H29N5/c1-5-16-14(13-12-17-18-19(13)4)15(10-8-9-11-15)20(6-2)7-3/h12,14,16H,5-11H2,1-4H3. The molecule has 1 saturated carbocycles. The minimum Gasteiger partial charge on any atom is -0.307 e. The molecule has 0 bridgehead atoms. The van der Waals surface area contributed by atoms with Crippen molar-refractivity contribution in [3.63, 3.8) is 0 Å². The van der Waals surface area contributed by atoms with Gasteiger partial charge in [0.15, 0.2) is 0 Å². The molecule has 1 heterocycles. The third kappa shape index (κ3) is 2.61. The van der Waals surface area contributed by atoms with Gasteiger partial charge in [0, 0.05) is 12.6 Å². The summed E-state index contributed by atoms with van der Waals surface area (Å²) in [6.45, 7) is 9.90. The summed E-state index contributed by atoms with van der Waals surface area (Å²) in [5.74, 6) is 0. The second kappa shape index (κ2) is 6.68. The minimum atomic E-state index is 0.217. The van der Waals surface area contributed by atoms with Crippen molar-refractivity contribution >= 4 is 0 Å². The molecule has 0 saturated heterocycles. The molecule has 1 aromatic rings. The summed E-state index contributed by atoms with van der Waals surface area (Å²) in [5, 5.41) is 11.9. The predicted molar refractivity (Wildman–Crippen MR) is 81.5 cm³/mol. The van der Waals surface area contributed by atoms with Crippen LogP contribution < -0.4 is 5.32 Å². The summed E-state index contributed by atoms with van der Waals surface area (Å²) in [6.07, 6.45) is 7.10. The number of nitrogens with zero attached hydrogens (tertiary/aromatic N) is 4. The highest BCUT2D eigenvalue weighted by atomic mass is 15.4. The van der Waals surface area contributed by atoms with Gasteiger partial charge in [-0.1, -0.05) is 38.8 Å². The van der Waals surface area contributed by atoms with E-state index in [1.807, 2.05) is 17.9 Å². The van der Waals surface area contributed by atoms with E-state index in [4.69, 9.17) is 0 Å². The van der Waals surface area contributed by atoms with Crippen LogP contribution in [0.5, 0.6) is 0 Å². The Labute approximate surface area is 122 Å². The molecule has 2 rings (SSSR count). The number of hydrogen-bond acceptors (Lipinski definition) is 4. The van der Waals surface area contributed by atoms with Crippen molar-refractivity contribution < 1.29 is 0 Å². The normalized spacial score (nSPS) is 19.6. The smallest absolute Gasteiger partial charge is 0.0772 e. The van der Waals surface area contributed by atoms with Crippen LogP contribution >= 0.6 is 0 Å².